The van der Waals surface area contributed by atoms with Crippen molar-refractivity contribution < 1.29 is 4.79 Å². The van der Waals surface area contributed by atoms with Crippen LogP contribution in [0.2, 0.25) is 0 Å². The SMILES string of the molecule is O=C1NCc2cccnc21. The number of hydrogen-bond donors (Lipinski definition) is 1. The molecular weight excluding hydrogens is 128 g/mol. The molecule has 0 atom stereocenters. The normalized spacial score (nSPS) is 14.6. The summed E-state index contributed by atoms with van der Waals surface area (Å²) in [4.78, 5) is 14.8. The Balaban J connectivity index is 2.61. The molecule has 1 aliphatic heterocycles. The molecule has 3 nitrogen and oxygen atoms in total. The lowest BCUT2D eigenvalue weighted by molar-refractivity contribution is 0.0961. The van der Waals surface area contributed by atoms with Crippen molar-refractivity contribution >= 4 is 5.91 Å². The maximum atomic E-state index is 10.9. The van der Waals surface area contributed by atoms with E-state index in [0.717, 1.165) is 5.56 Å². The first-order chi connectivity index (χ1) is 4.88. The Morgan fingerprint density at radius 3 is 3.30 bits per heavy atom. The minimum Gasteiger partial charge on any atom is -0.347 e. The van der Waals surface area contributed by atoms with Gasteiger partial charge in [-0.1, -0.05) is 6.07 Å². The van der Waals surface area contributed by atoms with Crippen LogP contribution < -0.4 is 5.32 Å². The second-order valence-corrected chi connectivity index (χ2v) is 2.19. The highest BCUT2D eigenvalue weighted by molar-refractivity contribution is 5.96. The second-order valence-electron chi connectivity index (χ2n) is 2.19. The molecule has 1 aromatic rings. The first kappa shape index (κ1) is 5.41. The van der Waals surface area contributed by atoms with Crippen LogP contribution in [0.25, 0.3) is 0 Å². The molecule has 2 rings (SSSR count). The van der Waals surface area contributed by atoms with Crippen LogP contribution in [0, 0.1) is 0 Å². The monoisotopic (exact) mass is 134 g/mol. The molecule has 2 heterocycles. The van der Waals surface area contributed by atoms with Crippen molar-refractivity contribution in [2.45, 2.75) is 6.54 Å². The molecule has 1 N–H and O–H groups in total. The third kappa shape index (κ3) is 0.603. The average molecular weight is 134 g/mol. The fourth-order valence-corrected chi connectivity index (χ4v) is 1.04. The molecule has 3 heteroatoms. The van der Waals surface area contributed by atoms with Gasteiger partial charge in [0.1, 0.15) is 5.69 Å². The predicted octanol–water partition coefficient (Wildman–Crippen LogP) is 0.325. The van der Waals surface area contributed by atoms with E-state index in [1.807, 2.05) is 12.1 Å². The lowest BCUT2D eigenvalue weighted by atomic mass is 10.2. The van der Waals surface area contributed by atoms with Crippen LogP contribution in [-0.4, -0.2) is 10.9 Å². The third-order valence-corrected chi connectivity index (χ3v) is 1.55. The van der Waals surface area contributed by atoms with Gasteiger partial charge >= 0.3 is 0 Å². The van der Waals surface area contributed by atoms with Gasteiger partial charge in [-0.25, -0.2) is 0 Å². The van der Waals surface area contributed by atoms with E-state index in [0.29, 0.717) is 12.2 Å². The van der Waals surface area contributed by atoms with Gasteiger partial charge in [0.25, 0.3) is 5.91 Å². The molecule has 0 saturated carbocycles. The molecule has 0 bridgehead atoms. The highest BCUT2D eigenvalue weighted by Gasteiger charge is 2.18. The van der Waals surface area contributed by atoms with E-state index in [2.05, 4.69) is 10.3 Å². The zero-order valence-corrected chi connectivity index (χ0v) is 5.29. The van der Waals surface area contributed by atoms with Crippen molar-refractivity contribution in [2.24, 2.45) is 0 Å². The number of fused-ring (bicyclic) bond motifs is 1. The smallest absolute Gasteiger partial charge is 0.270 e. The molecule has 50 valence electrons. The van der Waals surface area contributed by atoms with Gasteiger partial charge in [0.2, 0.25) is 0 Å². The topological polar surface area (TPSA) is 42.0 Å². The quantitative estimate of drug-likeness (QED) is 0.555. The number of amides is 1. The molecule has 0 radical (unpaired) electrons. The zero-order valence-electron chi connectivity index (χ0n) is 5.29. The van der Waals surface area contributed by atoms with E-state index < -0.39 is 0 Å². The Bertz CT molecular complexity index is 283. The standard InChI is InChI=1S/C7H6N2O/c10-7-6-5(4-9-7)2-1-3-8-6/h1-3H,4H2,(H,9,10). The molecule has 10 heavy (non-hydrogen) atoms. The number of aromatic nitrogens is 1. The molecule has 1 aromatic heterocycles. The number of carbonyl (C=O) groups excluding carboxylic acids is 1. The van der Waals surface area contributed by atoms with E-state index in [1.54, 1.807) is 6.20 Å². The molecule has 0 fully saturated rings. The number of hydrogen-bond acceptors (Lipinski definition) is 2. The van der Waals surface area contributed by atoms with E-state index in [1.165, 1.54) is 0 Å². The van der Waals surface area contributed by atoms with Gasteiger partial charge in [-0.15, -0.1) is 0 Å². The van der Waals surface area contributed by atoms with E-state index in [9.17, 15) is 4.79 Å². The van der Waals surface area contributed by atoms with Gasteiger partial charge in [-0.2, -0.15) is 0 Å². The lowest BCUT2D eigenvalue weighted by Crippen LogP contribution is -2.13. The minimum atomic E-state index is -0.0596. The first-order valence-corrected chi connectivity index (χ1v) is 3.10. The van der Waals surface area contributed by atoms with Gasteiger partial charge in [0.15, 0.2) is 0 Å². The van der Waals surface area contributed by atoms with Crippen molar-refractivity contribution in [3.8, 4) is 0 Å². The number of nitrogens with zero attached hydrogens (tertiary/aromatic N) is 1. The molecule has 1 aliphatic rings. The van der Waals surface area contributed by atoms with Gasteiger partial charge in [0, 0.05) is 18.3 Å². The van der Waals surface area contributed by atoms with E-state index in [4.69, 9.17) is 0 Å². The van der Waals surface area contributed by atoms with Crippen molar-refractivity contribution in [2.75, 3.05) is 0 Å². The number of rotatable bonds is 0. The molecule has 0 unspecified atom stereocenters. The van der Waals surface area contributed by atoms with Crippen molar-refractivity contribution in [1.29, 1.82) is 0 Å². The van der Waals surface area contributed by atoms with Gasteiger partial charge in [0.05, 0.1) is 0 Å². The summed E-state index contributed by atoms with van der Waals surface area (Å²) in [7, 11) is 0. The maximum absolute atomic E-state index is 10.9. The Morgan fingerprint density at radius 2 is 2.50 bits per heavy atom. The van der Waals surface area contributed by atoms with Crippen LogP contribution in [-0.2, 0) is 6.54 Å². The Morgan fingerprint density at radius 1 is 1.60 bits per heavy atom. The number of nitrogens with one attached hydrogen (secondary N) is 1. The first-order valence-electron chi connectivity index (χ1n) is 3.10. The molecule has 0 aliphatic carbocycles. The summed E-state index contributed by atoms with van der Waals surface area (Å²) in [5.41, 5.74) is 1.56. The predicted molar refractivity (Wildman–Crippen MR) is 35.4 cm³/mol. The summed E-state index contributed by atoms with van der Waals surface area (Å²) in [5, 5.41) is 2.68. The summed E-state index contributed by atoms with van der Waals surface area (Å²) < 4.78 is 0. The van der Waals surface area contributed by atoms with Gasteiger partial charge in [-0.05, 0) is 6.07 Å². The van der Waals surface area contributed by atoms with Crippen LogP contribution in [0.15, 0.2) is 18.3 Å². The highest BCUT2D eigenvalue weighted by Crippen LogP contribution is 2.10. The fourth-order valence-electron chi connectivity index (χ4n) is 1.04. The third-order valence-electron chi connectivity index (χ3n) is 1.55. The van der Waals surface area contributed by atoms with Crippen LogP contribution in [0.3, 0.4) is 0 Å². The van der Waals surface area contributed by atoms with Crippen LogP contribution >= 0.6 is 0 Å². The van der Waals surface area contributed by atoms with E-state index >= 15 is 0 Å². The van der Waals surface area contributed by atoms with Gasteiger partial charge in [-0.3, -0.25) is 9.78 Å². The summed E-state index contributed by atoms with van der Waals surface area (Å²) in [6, 6.07) is 3.74. The van der Waals surface area contributed by atoms with Crippen LogP contribution in [0.4, 0.5) is 0 Å². The largest absolute Gasteiger partial charge is 0.347 e. The molecule has 0 saturated heterocycles. The average Bonchev–Trinajstić information content (AvgIpc) is 2.34. The summed E-state index contributed by atoms with van der Waals surface area (Å²) in [5.74, 6) is -0.0596. The van der Waals surface area contributed by atoms with Gasteiger partial charge < -0.3 is 5.32 Å². The summed E-state index contributed by atoms with van der Waals surface area (Å²) >= 11 is 0. The number of pyridine rings is 1. The fraction of sp³-hybridized carbons (Fsp3) is 0.143. The molecule has 0 aromatic carbocycles. The Kier molecular flexibility index (Phi) is 0.974. The van der Waals surface area contributed by atoms with Crippen LogP contribution in [0.1, 0.15) is 16.1 Å². The molecule has 1 amide bonds. The van der Waals surface area contributed by atoms with Crippen molar-refractivity contribution in [3.63, 3.8) is 0 Å². The summed E-state index contributed by atoms with van der Waals surface area (Å²) in [6.45, 7) is 0.627. The van der Waals surface area contributed by atoms with E-state index in [-0.39, 0.29) is 5.91 Å². The van der Waals surface area contributed by atoms with Crippen LogP contribution in [0.5, 0.6) is 0 Å². The Labute approximate surface area is 58.1 Å². The molecule has 0 spiro atoms. The summed E-state index contributed by atoms with van der Waals surface area (Å²) in [6.07, 6.45) is 1.63. The van der Waals surface area contributed by atoms with Crippen molar-refractivity contribution in [3.05, 3.63) is 29.6 Å². The zero-order chi connectivity index (χ0) is 6.97. The second kappa shape index (κ2) is 1.80. The maximum Gasteiger partial charge on any atom is 0.270 e. The van der Waals surface area contributed by atoms with Crippen molar-refractivity contribution in [1.82, 2.24) is 10.3 Å². The minimum absolute atomic E-state index is 0.0596. The molecular formula is C7H6N2O. The Hall–Kier alpha value is -1.38. The highest BCUT2D eigenvalue weighted by atomic mass is 16.2. The number of carbonyl (C=O) groups is 1. The lowest BCUT2D eigenvalue weighted by Gasteiger charge is -1.88.